The molecule has 2 amide bonds. The van der Waals surface area contributed by atoms with Crippen LogP contribution in [0.15, 0.2) is 83.8 Å². The standard InChI is InChI=1S/C31H35N3O5S/c35-30(20-17-23-15-18-26(19-16-23)40(37,38)33-25-11-5-2-6-12-25)34-22-29(39-28-14-8-7-13-27(28)34)31(36)32-21-24-9-3-1-4-10-24/h1,3-4,7-10,13-16,18-19,25,29,33H,2,5-6,11-12,17,20-22H2,(H,32,36)/t29-/m0/s1. The topological polar surface area (TPSA) is 105 Å². The number of para-hydroxylation sites is 2. The fourth-order valence-electron chi connectivity index (χ4n) is 5.24. The summed E-state index contributed by atoms with van der Waals surface area (Å²) in [5.41, 5.74) is 2.47. The average molecular weight is 562 g/mol. The molecule has 9 heteroatoms. The van der Waals surface area contributed by atoms with Crippen LogP contribution in [-0.2, 0) is 32.6 Å². The first-order chi connectivity index (χ1) is 19.4. The van der Waals surface area contributed by atoms with E-state index in [2.05, 4.69) is 10.0 Å². The molecule has 0 saturated heterocycles. The van der Waals surface area contributed by atoms with E-state index in [0.29, 0.717) is 24.4 Å². The molecule has 5 rings (SSSR count). The fourth-order valence-corrected chi connectivity index (χ4v) is 6.54. The van der Waals surface area contributed by atoms with Crippen molar-refractivity contribution in [3.63, 3.8) is 0 Å². The number of carbonyl (C=O) groups excluding carboxylic acids is 2. The Morgan fingerprint density at radius 2 is 1.55 bits per heavy atom. The summed E-state index contributed by atoms with van der Waals surface area (Å²) in [6.07, 6.45) is 4.82. The molecular weight excluding hydrogens is 526 g/mol. The summed E-state index contributed by atoms with van der Waals surface area (Å²) in [6, 6.07) is 23.5. The molecule has 1 heterocycles. The number of ether oxygens (including phenoxy) is 1. The molecule has 1 fully saturated rings. The Hall–Kier alpha value is -3.69. The van der Waals surface area contributed by atoms with Gasteiger partial charge >= 0.3 is 0 Å². The average Bonchev–Trinajstić information content (AvgIpc) is 2.99. The number of aryl methyl sites for hydroxylation is 1. The lowest BCUT2D eigenvalue weighted by atomic mass is 9.96. The molecule has 3 aromatic carbocycles. The largest absolute Gasteiger partial charge is 0.477 e. The summed E-state index contributed by atoms with van der Waals surface area (Å²) in [7, 11) is -3.57. The maximum Gasteiger partial charge on any atom is 0.263 e. The molecule has 3 aromatic rings. The van der Waals surface area contributed by atoms with Gasteiger partial charge in [-0.3, -0.25) is 9.59 Å². The van der Waals surface area contributed by atoms with Gasteiger partial charge in [0.2, 0.25) is 15.9 Å². The van der Waals surface area contributed by atoms with Crippen LogP contribution >= 0.6 is 0 Å². The fraction of sp³-hybridized carbons (Fsp3) is 0.355. The monoisotopic (exact) mass is 561 g/mol. The molecule has 1 atom stereocenters. The van der Waals surface area contributed by atoms with Crippen molar-refractivity contribution in [1.82, 2.24) is 10.0 Å². The second-order valence-electron chi connectivity index (χ2n) is 10.4. The highest BCUT2D eigenvalue weighted by Crippen LogP contribution is 2.33. The second-order valence-corrected chi connectivity index (χ2v) is 12.1. The smallest absolute Gasteiger partial charge is 0.263 e. The number of anilines is 1. The first kappa shape index (κ1) is 27.9. The number of amides is 2. The summed E-state index contributed by atoms with van der Waals surface area (Å²) in [4.78, 5) is 28.1. The first-order valence-corrected chi connectivity index (χ1v) is 15.4. The maximum atomic E-state index is 13.4. The molecule has 40 heavy (non-hydrogen) atoms. The highest BCUT2D eigenvalue weighted by molar-refractivity contribution is 7.89. The van der Waals surface area contributed by atoms with E-state index < -0.39 is 16.1 Å². The van der Waals surface area contributed by atoms with Crippen LogP contribution in [0.25, 0.3) is 0 Å². The van der Waals surface area contributed by atoms with E-state index >= 15 is 0 Å². The maximum absolute atomic E-state index is 13.4. The number of rotatable bonds is 9. The van der Waals surface area contributed by atoms with Crippen molar-refractivity contribution in [2.75, 3.05) is 11.4 Å². The summed E-state index contributed by atoms with van der Waals surface area (Å²) in [5.74, 6) is 0.0732. The number of hydrogen-bond acceptors (Lipinski definition) is 5. The summed E-state index contributed by atoms with van der Waals surface area (Å²) in [6.45, 7) is 0.484. The zero-order chi connectivity index (χ0) is 28.0. The van der Waals surface area contributed by atoms with E-state index in [4.69, 9.17) is 4.74 Å². The number of fused-ring (bicyclic) bond motifs is 1. The van der Waals surface area contributed by atoms with Crippen molar-refractivity contribution in [3.05, 3.63) is 90.0 Å². The van der Waals surface area contributed by atoms with Crippen LogP contribution in [0.2, 0.25) is 0 Å². The van der Waals surface area contributed by atoms with Gasteiger partial charge in [-0.25, -0.2) is 13.1 Å². The first-order valence-electron chi connectivity index (χ1n) is 13.9. The quantitative estimate of drug-likeness (QED) is 0.405. The van der Waals surface area contributed by atoms with Crippen molar-refractivity contribution in [3.8, 4) is 5.75 Å². The number of hydrogen-bond donors (Lipinski definition) is 2. The molecule has 0 aromatic heterocycles. The predicted octanol–water partition coefficient (Wildman–Crippen LogP) is 4.34. The van der Waals surface area contributed by atoms with Gasteiger partial charge in [0.05, 0.1) is 17.1 Å². The van der Waals surface area contributed by atoms with Crippen molar-refractivity contribution in [2.45, 2.75) is 68.5 Å². The van der Waals surface area contributed by atoms with Crippen LogP contribution in [0, 0.1) is 0 Å². The summed E-state index contributed by atoms with van der Waals surface area (Å²) >= 11 is 0. The molecule has 2 aliphatic rings. The Kier molecular flexibility index (Phi) is 8.81. The molecule has 0 spiro atoms. The third-order valence-electron chi connectivity index (χ3n) is 7.46. The number of carbonyl (C=O) groups is 2. The van der Waals surface area contributed by atoms with Crippen molar-refractivity contribution in [2.24, 2.45) is 0 Å². The number of sulfonamides is 1. The van der Waals surface area contributed by atoms with Crippen LogP contribution in [0.1, 0.15) is 49.7 Å². The number of nitrogens with one attached hydrogen (secondary N) is 2. The number of nitrogens with zero attached hydrogens (tertiary/aromatic N) is 1. The Balaban J connectivity index is 1.20. The molecular formula is C31H35N3O5S. The predicted molar refractivity (Wildman–Crippen MR) is 153 cm³/mol. The van der Waals surface area contributed by atoms with Crippen LogP contribution in [0.5, 0.6) is 5.75 Å². The lowest BCUT2D eigenvalue weighted by Gasteiger charge is -2.34. The summed E-state index contributed by atoms with van der Waals surface area (Å²) < 4.78 is 34.4. The van der Waals surface area contributed by atoms with E-state index in [1.807, 2.05) is 48.5 Å². The van der Waals surface area contributed by atoms with Gasteiger partial charge in [-0.15, -0.1) is 0 Å². The van der Waals surface area contributed by atoms with E-state index in [1.54, 1.807) is 35.2 Å². The van der Waals surface area contributed by atoms with Crippen LogP contribution < -0.4 is 19.7 Å². The van der Waals surface area contributed by atoms with Crippen molar-refractivity contribution < 1.29 is 22.7 Å². The van der Waals surface area contributed by atoms with E-state index in [1.165, 1.54) is 0 Å². The van der Waals surface area contributed by atoms with Gasteiger partial charge in [-0.2, -0.15) is 0 Å². The Labute approximate surface area is 235 Å². The summed E-state index contributed by atoms with van der Waals surface area (Å²) in [5, 5.41) is 2.90. The van der Waals surface area contributed by atoms with Gasteiger partial charge in [0.15, 0.2) is 6.10 Å². The zero-order valence-corrected chi connectivity index (χ0v) is 23.2. The SMILES string of the molecule is O=C(NCc1ccccc1)[C@@H]1CN(C(=O)CCc2ccc(S(=O)(=O)NC3CCCCC3)cc2)c2ccccc2O1. The van der Waals surface area contributed by atoms with Crippen molar-refractivity contribution in [1.29, 1.82) is 0 Å². The Morgan fingerprint density at radius 3 is 2.30 bits per heavy atom. The van der Waals surface area contributed by atoms with Gasteiger partial charge in [-0.05, 0) is 54.7 Å². The Morgan fingerprint density at radius 1 is 0.850 bits per heavy atom. The van der Waals surface area contributed by atoms with Gasteiger partial charge < -0.3 is 15.0 Å². The van der Waals surface area contributed by atoms with Crippen LogP contribution in [0.3, 0.4) is 0 Å². The van der Waals surface area contributed by atoms with E-state index in [-0.39, 0.29) is 35.7 Å². The minimum Gasteiger partial charge on any atom is -0.477 e. The van der Waals surface area contributed by atoms with E-state index in [0.717, 1.165) is 43.2 Å². The van der Waals surface area contributed by atoms with Crippen molar-refractivity contribution >= 4 is 27.5 Å². The van der Waals surface area contributed by atoms with Gasteiger partial charge in [-0.1, -0.05) is 73.9 Å². The lowest BCUT2D eigenvalue weighted by Crippen LogP contribution is -2.50. The third-order valence-corrected chi connectivity index (χ3v) is 9.00. The molecule has 0 unspecified atom stereocenters. The molecule has 1 saturated carbocycles. The molecule has 0 radical (unpaired) electrons. The Bertz CT molecular complexity index is 1420. The number of benzene rings is 3. The molecule has 0 bridgehead atoms. The zero-order valence-electron chi connectivity index (χ0n) is 22.4. The third kappa shape index (κ3) is 6.89. The molecule has 8 nitrogen and oxygen atoms in total. The van der Waals surface area contributed by atoms with Crippen LogP contribution in [0.4, 0.5) is 5.69 Å². The normalized spacial score (nSPS) is 17.5. The van der Waals surface area contributed by atoms with Gasteiger partial charge in [0, 0.05) is 19.0 Å². The molecule has 210 valence electrons. The van der Waals surface area contributed by atoms with Crippen LogP contribution in [-0.4, -0.2) is 38.9 Å². The van der Waals surface area contributed by atoms with E-state index in [9.17, 15) is 18.0 Å². The highest BCUT2D eigenvalue weighted by atomic mass is 32.2. The lowest BCUT2D eigenvalue weighted by molar-refractivity contribution is -0.128. The van der Waals surface area contributed by atoms with Gasteiger partial charge in [0.25, 0.3) is 5.91 Å². The highest BCUT2D eigenvalue weighted by Gasteiger charge is 2.33. The molecule has 1 aliphatic heterocycles. The van der Waals surface area contributed by atoms with Gasteiger partial charge in [0.1, 0.15) is 5.75 Å². The minimum atomic E-state index is -3.57. The second kappa shape index (κ2) is 12.7. The molecule has 2 N–H and O–H groups in total. The minimum absolute atomic E-state index is 0.00306. The molecule has 1 aliphatic carbocycles.